The van der Waals surface area contributed by atoms with Crippen LogP contribution in [0, 0.1) is 0 Å². The molecule has 0 aliphatic carbocycles. The van der Waals surface area contributed by atoms with Crippen molar-refractivity contribution in [1.82, 2.24) is 19.6 Å². The number of rotatable bonds is 6. The van der Waals surface area contributed by atoms with Crippen LogP contribution in [0.15, 0.2) is 24.7 Å². The highest BCUT2D eigenvalue weighted by atomic mass is 16.5. The zero-order valence-corrected chi connectivity index (χ0v) is 12.8. The molecule has 8 heteroatoms. The van der Waals surface area contributed by atoms with Gasteiger partial charge in [0.05, 0.1) is 25.0 Å². The van der Waals surface area contributed by atoms with Crippen LogP contribution in [0.2, 0.25) is 0 Å². The fourth-order valence-electron chi connectivity index (χ4n) is 2.54. The number of ether oxygens (including phenoxy) is 1. The summed E-state index contributed by atoms with van der Waals surface area (Å²) in [6.07, 6.45) is 6.18. The first-order valence-corrected chi connectivity index (χ1v) is 7.26. The normalized spacial score (nSPS) is 18.2. The van der Waals surface area contributed by atoms with Gasteiger partial charge in [-0.1, -0.05) is 0 Å². The number of aromatic nitrogens is 4. The Labute approximate surface area is 128 Å². The smallest absolute Gasteiger partial charge is 0.249 e. The lowest BCUT2D eigenvalue weighted by Gasteiger charge is -2.14. The van der Waals surface area contributed by atoms with Crippen molar-refractivity contribution in [2.24, 2.45) is 7.05 Å². The van der Waals surface area contributed by atoms with Crippen LogP contribution in [0.1, 0.15) is 6.42 Å². The number of carbonyl (C=O) groups excluding carboxylic acids is 1. The van der Waals surface area contributed by atoms with Crippen molar-refractivity contribution in [3.8, 4) is 0 Å². The Morgan fingerprint density at radius 2 is 2.36 bits per heavy atom. The zero-order chi connectivity index (χ0) is 15.5. The van der Waals surface area contributed by atoms with Gasteiger partial charge in [0.25, 0.3) is 0 Å². The summed E-state index contributed by atoms with van der Waals surface area (Å²) in [6, 6.07) is 1.63. The molecule has 1 atom stereocenters. The molecule has 1 fully saturated rings. The molecule has 0 radical (unpaired) electrons. The van der Waals surface area contributed by atoms with Gasteiger partial charge in [0.1, 0.15) is 11.9 Å². The Kier molecular flexibility index (Phi) is 4.10. The van der Waals surface area contributed by atoms with Crippen LogP contribution < -0.4 is 10.2 Å². The number of amides is 1. The highest BCUT2D eigenvalue weighted by Crippen LogP contribution is 2.22. The third kappa shape index (κ3) is 2.96. The van der Waals surface area contributed by atoms with E-state index in [-0.39, 0.29) is 11.9 Å². The average Bonchev–Trinajstić information content (AvgIpc) is 3.20. The molecule has 0 aromatic carbocycles. The maximum absolute atomic E-state index is 12.5. The summed E-state index contributed by atoms with van der Waals surface area (Å²) in [4.78, 5) is 14.2. The zero-order valence-electron chi connectivity index (χ0n) is 12.8. The number of nitrogens with one attached hydrogen (secondary N) is 1. The van der Waals surface area contributed by atoms with E-state index in [1.54, 1.807) is 27.6 Å². The molecule has 118 valence electrons. The minimum atomic E-state index is -0.244. The molecule has 0 bridgehead atoms. The van der Waals surface area contributed by atoms with Crippen LogP contribution in [-0.4, -0.2) is 51.8 Å². The van der Waals surface area contributed by atoms with E-state index in [0.29, 0.717) is 25.5 Å². The monoisotopic (exact) mass is 304 g/mol. The minimum Gasteiger partial charge on any atom is -0.383 e. The number of carbonyl (C=O) groups is 1. The van der Waals surface area contributed by atoms with Gasteiger partial charge in [-0.25, -0.2) is 0 Å². The Hall–Kier alpha value is -2.35. The topological polar surface area (TPSA) is 77.2 Å². The Morgan fingerprint density at radius 1 is 1.50 bits per heavy atom. The molecule has 1 saturated heterocycles. The van der Waals surface area contributed by atoms with E-state index < -0.39 is 0 Å². The summed E-state index contributed by atoms with van der Waals surface area (Å²) in [5.74, 6) is 0.766. The molecule has 3 heterocycles. The number of aryl methyl sites for hydroxylation is 1. The minimum absolute atomic E-state index is 0.0550. The Bertz CT molecular complexity index is 649. The fourth-order valence-corrected chi connectivity index (χ4v) is 2.54. The second-order valence-electron chi connectivity index (χ2n) is 5.30. The second kappa shape index (κ2) is 6.18. The summed E-state index contributed by atoms with van der Waals surface area (Å²) in [5.41, 5.74) is 0.836. The lowest BCUT2D eigenvalue weighted by Crippen LogP contribution is -2.33. The molecule has 8 nitrogen and oxygen atoms in total. The van der Waals surface area contributed by atoms with Crippen LogP contribution in [0.3, 0.4) is 0 Å². The highest BCUT2D eigenvalue weighted by Gasteiger charge is 2.33. The Balaban J connectivity index is 1.62. The average molecular weight is 304 g/mol. The standard InChI is InChI=1S/C14H20N6O2/c1-18-10-11(9-15-18)20-6-3-12(14(20)21)16-13-4-5-19(17-13)7-8-22-2/h4-5,9-10,12H,3,6-8H2,1-2H3,(H,16,17). The Morgan fingerprint density at radius 3 is 3.09 bits per heavy atom. The number of methoxy groups -OCH3 is 1. The number of hydrogen-bond donors (Lipinski definition) is 1. The maximum atomic E-state index is 12.5. The predicted molar refractivity (Wildman–Crippen MR) is 81.7 cm³/mol. The molecular weight excluding hydrogens is 284 g/mol. The second-order valence-corrected chi connectivity index (χ2v) is 5.30. The van der Waals surface area contributed by atoms with E-state index >= 15 is 0 Å². The van der Waals surface area contributed by atoms with Gasteiger partial charge < -0.3 is 15.0 Å². The van der Waals surface area contributed by atoms with Gasteiger partial charge in [-0.3, -0.25) is 14.2 Å². The lowest BCUT2D eigenvalue weighted by atomic mass is 10.2. The van der Waals surface area contributed by atoms with E-state index in [2.05, 4.69) is 15.5 Å². The van der Waals surface area contributed by atoms with Crippen LogP contribution in [0.4, 0.5) is 11.5 Å². The van der Waals surface area contributed by atoms with Crippen molar-refractivity contribution >= 4 is 17.4 Å². The molecule has 1 aliphatic rings. The van der Waals surface area contributed by atoms with Crippen LogP contribution >= 0.6 is 0 Å². The third-order valence-corrected chi connectivity index (χ3v) is 3.70. The number of nitrogens with zero attached hydrogens (tertiary/aromatic N) is 5. The first-order valence-electron chi connectivity index (χ1n) is 7.26. The quantitative estimate of drug-likeness (QED) is 0.840. The molecule has 1 unspecified atom stereocenters. The van der Waals surface area contributed by atoms with Crippen molar-refractivity contribution in [3.63, 3.8) is 0 Å². The van der Waals surface area contributed by atoms with E-state index in [9.17, 15) is 4.79 Å². The number of anilines is 2. The SMILES string of the molecule is COCCn1ccc(NC2CCN(c3cnn(C)c3)C2=O)n1. The van der Waals surface area contributed by atoms with Crippen molar-refractivity contribution in [2.45, 2.75) is 19.0 Å². The van der Waals surface area contributed by atoms with E-state index in [0.717, 1.165) is 12.1 Å². The van der Waals surface area contributed by atoms with Gasteiger partial charge in [0, 0.05) is 39.2 Å². The first kappa shape index (κ1) is 14.6. The van der Waals surface area contributed by atoms with Gasteiger partial charge in [-0.05, 0) is 6.42 Å². The third-order valence-electron chi connectivity index (χ3n) is 3.70. The summed E-state index contributed by atoms with van der Waals surface area (Å²) < 4.78 is 8.51. The summed E-state index contributed by atoms with van der Waals surface area (Å²) >= 11 is 0. The van der Waals surface area contributed by atoms with Gasteiger partial charge in [-0.2, -0.15) is 10.2 Å². The molecule has 0 saturated carbocycles. The molecule has 1 aliphatic heterocycles. The molecule has 1 amide bonds. The first-order chi connectivity index (χ1) is 10.7. The predicted octanol–water partition coefficient (Wildman–Crippen LogP) is 0.480. The van der Waals surface area contributed by atoms with Gasteiger partial charge in [-0.15, -0.1) is 0 Å². The van der Waals surface area contributed by atoms with Gasteiger partial charge in [0.2, 0.25) is 5.91 Å². The van der Waals surface area contributed by atoms with Gasteiger partial charge in [0.15, 0.2) is 0 Å². The van der Waals surface area contributed by atoms with Crippen LogP contribution in [0.5, 0.6) is 0 Å². The molecule has 3 rings (SSSR count). The van der Waals surface area contributed by atoms with Crippen LogP contribution in [-0.2, 0) is 23.1 Å². The van der Waals surface area contributed by atoms with Crippen LogP contribution in [0.25, 0.3) is 0 Å². The summed E-state index contributed by atoms with van der Waals surface area (Å²) in [7, 11) is 3.50. The summed E-state index contributed by atoms with van der Waals surface area (Å²) in [5, 5.41) is 11.7. The van der Waals surface area contributed by atoms with E-state index in [1.807, 2.05) is 25.5 Å². The highest BCUT2D eigenvalue weighted by molar-refractivity contribution is 6.00. The number of hydrogen-bond acceptors (Lipinski definition) is 5. The molecule has 22 heavy (non-hydrogen) atoms. The van der Waals surface area contributed by atoms with Crippen molar-refractivity contribution < 1.29 is 9.53 Å². The molecule has 1 N–H and O–H groups in total. The fraction of sp³-hybridized carbons (Fsp3) is 0.500. The van der Waals surface area contributed by atoms with Crippen molar-refractivity contribution in [2.75, 3.05) is 30.5 Å². The lowest BCUT2D eigenvalue weighted by molar-refractivity contribution is -0.117. The molecule has 2 aromatic rings. The van der Waals surface area contributed by atoms with E-state index in [4.69, 9.17) is 4.74 Å². The summed E-state index contributed by atoms with van der Waals surface area (Å²) in [6.45, 7) is 1.99. The van der Waals surface area contributed by atoms with Gasteiger partial charge >= 0.3 is 0 Å². The molecule has 0 spiro atoms. The molecular formula is C14H20N6O2. The van der Waals surface area contributed by atoms with Crippen molar-refractivity contribution in [1.29, 1.82) is 0 Å². The molecule has 2 aromatic heterocycles. The maximum Gasteiger partial charge on any atom is 0.249 e. The van der Waals surface area contributed by atoms with Crippen molar-refractivity contribution in [3.05, 3.63) is 24.7 Å². The van der Waals surface area contributed by atoms with E-state index in [1.165, 1.54) is 0 Å². The largest absolute Gasteiger partial charge is 0.383 e.